The highest BCUT2D eigenvalue weighted by Crippen LogP contribution is 2.07. The van der Waals surface area contributed by atoms with E-state index in [0.29, 0.717) is 12.6 Å². The van der Waals surface area contributed by atoms with Crippen LogP contribution in [-0.4, -0.2) is 25.8 Å². The van der Waals surface area contributed by atoms with Crippen LogP contribution in [0.1, 0.15) is 26.2 Å². The lowest BCUT2D eigenvalue weighted by atomic mass is 10.1. The standard InChI is InChI=1S/C10H19NO/c1-9(2)7-12-8-10-5-3-4-6-11-10/h10-11H,1,3-8H2,2H3. The van der Waals surface area contributed by atoms with Gasteiger partial charge in [-0.1, -0.05) is 18.6 Å². The van der Waals surface area contributed by atoms with Gasteiger partial charge in [0.25, 0.3) is 0 Å². The first kappa shape index (κ1) is 9.75. The fraction of sp³-hybridized carbons (Fsp3) is 0.800. The smallest absolute Gasteiger partial charge is 0.0672 e. The van der Waals surface area contributed by atoms with Gasteiger partial charge in [-0.25, -0.2) is 0 Å². The van der Waals surface area contributed by atoms with Gasteiger partial charge in [-0.3, -0.25) is 0 Å². The molecule has 12 heavy (non-hydrogen) atoms. The molecule has 2 heteroatoms. The summed E-state index contributed by atoms with van der Waals surface area (Å²) in [7, 11) is 0. The van der Waals surface area contributed by atoms with E-state index >= 15 is 0 Å². The highest BCUT2D eigenvalue weighted by Gasteiger charge is 2.11. The monoisotopic (exact) mass is 169 g/mol. The van der Waals surface area contributed by atoms with Gasteiger partial charge in [0.05, 0.1) is 13.2 Å². The lowest BCUT2D eigenvalue weighted by Gasteiger charge is -2.23. The van der Waals surface area contributed by atoms with E-state index in [1.54, 1.807) is 0 Å². The van der Waals surface area contributed by atoms with Crippen molar-refractivity contribution >= 4 is 0 Å². The zero-order chi connectivity index (χ0) is 8.81. The second-order valence-electron chi connectivity index (χ2n) is 3.62. The first-order chi connectivity index (χ1) is 5.79. The minimum atomic E-state index is 0.582. The van der Waals surface area contributed by atoms with Crippen molar-refractivity contribution in [2.45, 2.75) is 32.2 Å². The fourth-order valence-electron chi connectivity index (χ4n) is 1.44. The second kappa shape index (κ2) is 5.33. The zero-order valence-electron chi connectivity index (χ0n) is 7.94. The number of hydrogen-bond acceptors (Lipinski definition) is 2. The van der Waals surface area contributed by atoms with Gasteiger partial charge < -0.3 is 10.1 Å². The van der Waals surface area contributed by atoms with E-state index in [4.69, 9.17) is 4.74 Å². The molecule has 1 heterocycles. The van der Waals surface area contributed by atoms with Crippen molar-refractivity contribution in [3.63, 3.8) is 0 Å². The average molecular weight is 169 g/mol. The first-order valence-electron chi connectivity index (χ1n) is 4.74. The third-order valence-electron chi connectivity index (χ3n) is 2.08. The third-order valence-corrected chi connectivity index (χ3v) is 2.08. The molecule has 1 fully saturated rings. The van der Waals surface area contributed by atoms with Crippen LogP contribution in [-0.2, 0) is 4.74 Å². The van der Waals surface area contributed by atoms with Crippen LogP contribution in [0.3, 0.4) is 0 Å². The molecule has 0 aromatic rings. The third kappa shape index (κ3) is 3.88. The van der Waals surface area contributed by atoms with Gasteiger partial charge in [0.2, 0.25) is 0 Å². The quantitative estimate of drug-likeness (QED) is 0.647. The molecule has 0 aliphatic carbocycles. The number of hydrogen-bond donors (Lipinski definition) is 1. The highest BCUT2D eigenvalue weighted by atomic mass is 16.5. The van der Waals surface area contributed by atoms with Crippen molar-refractivity contribution in [3.8, 4) is 0 Å². The van der Waals surface area contributed by atoms with Crippen LogP contribution in [0.15, 0.2) is 12.2 Å². The molecule has 1 unspecified atom stereocenters. The topological polar surface area (TPSA) is 21.3 Å². The fourth-order valence-corrected chi connectivity index (χ4v) is 1.44. The summed E-state index contributed by atoms with van der Waals surface area (Å²) < 4.78 is 5.47. The summed E-state index contributed by atoms with van der Waals surface area (Å²) in [6, 6.07) is 0.582. The molecule has 1 rings (SSSR count). The Hall–Kier alpha value is -0.340. The van der Waals surface area contributed by atoms with Crippen LogP contribution in [0.5, 0.6) is 0 Å². The molecule has 1 aliphatic rings. The maximum atomic E-state index is 5.47. The maximum absolute atomic E-state index is 5.47. The molecular formula is C10H19NO. The van der Waals surface area contributed by atoms with Crippen LogP contribution < -0.4 is 5.32 Å². The Labute approximate surface area is 75.0 Å². The molecule has 0 bridgehead atoms. The van der Waals surface area contributed by atoms with E-state index in [2.05, 4.69) is 11.9 Å². The molecule has 0 amide bonds. The highest BCUT2D eigenvalue weighted by molar-refractivity contribution is 4.87. The minimum Gasteiger partial charge on any atom is -0.376 e. The number of rotatable bonds is 4. The lowest BCUT2D eigenvalue weighted by Crippen LogP contribution is -2.37. The van der Waals surface area contributed by atoms with Gasteiger partial charge in [-0.15, -0.1) is 0 Å². The van der Waals surface area contributed by atoms with Gasteiger partial charge in [0, 0.05) is 6.04 Å². The molecular weight excluding hydrogens is 150 g/mol. The summed E-state index contributed by atoms with van der Waals surface area (Å²) in [5.74, 6) is 0. The molecule has 70 valence electrons. The summed E-state index contributed by atoms with van der Waals surface area (Å²) in [5, 5.41) is 3.44. The van der Waals surface area contributed by atoms with Gasteiger partial charge in [-0.2, -0.15) is 0 Å². The summed E-state index contributed by atoms with van der Waals surface area (Å²) in [4.78, 5) is 0. The van der Waals surface area contributed by atoms with Gasteiger partial charge in [-0.05, 0) is 26.3 Å². The molecule has 1 aliphatic heterocycles. The minimum absolute atomic E-state index is 0.582. The second-order valence-corrected chi connectivity index (χ2v) is 3.62. The Bertz CT molecular complexity index is 139. The predicted molar refractivity (Wildman–Crippen MR) is 51.3 cm³/mol. The molecule has 0 radical (unpaired) electrons. The molecule has 0 saturated carbocycles. The SMILES string of the molecule is C=C(C)COCC1CCCCN1. The van der Waals surface area contributed by atoms with Crippen LogP contribution in [0.2, 0.25) is 0 Å². The Morgan fingerprint density at radius 2 is 2.42 bits per heavy atom. The Morgan fingerprint density at radius 3 is 3.00 bits per heavy atom. The van der Waals surface area contributed by atoms with Crippen molar-refractivity contribution in [2.75, 3.05) is 19.8 Å². The van der Waals surface area contributed by atoms with Gasteiger partial charge in [0.1, 0.15) is 0 Å². The van der Waals surface area contributed by atoms with Crippen molar-refractivity contribution in [1.29, 1.82) is 0 Å². The Balaban J connectivity index is 2.01. The molecule has 1 saturated heterocycles. The summed E-state index contributed by atoms with van der Waals surface area (Å²) in [5.41, 5.74) is 1.10. The molecule has 0 spiro atoms. The zero-order valence-corrected chi connectivity index (χ0v) is 7.94. The Kier molecular flexibility index (Phi) is 4.33. The summed E-state index contributed by atoms with van der Waals surface area (Å²) >= 11 is 0. The van der Waals surface area contributed by atoms with Crippen molar-refractivity contribution in [1.82, 2.24) is 5.32 Å². The first-order valence-corrected chi connectivity index (χ1v) is 4.74. The summed E-state index contributed by atoms with van der Waals surface area (Å²) in [6.07, 6.45) is 3.92. The van der Waals surface area contributed by atoms with E-state index in [0.717, 1.165) is 18.7 Å². The number of piperidine rings is 1. The normalized spacial score (nSPS) is 23.9. The Morgan fingerprint density at radius 1 is 1.58 bits per heavy atom. The molecule has 1 N–H and O–H groups in total. The number of ether oxygens (including phenoxy) is 1. The van der Waals surface area contributed by atoms with Gasteiger partial charge in [0.15, 0.2) is 0 Å². The van der Waals surface area contributed by atoms with Gasteiger partial charge >= 0.3 is 0 Å². The maximum Gasteiger partial charge on any atom is 0.0672 e. The lowest BCUT2D eigenvalue weighted by molar-refractivity contribution is 0.121. The average Bonchev–Trinajstić information content (AvgIpc) is 2.05. The number of nitrogens with one attached hydrogen (secondary N) is 1. The van der Waals surface area contributed by atoms with Crippen molar-refractivity contribution < 1.29 is 4.74 Å². The van der Waals surface area contributed by atoms with Crippen LogP contribution in [0, 0.1) is 0 Å². The molecule has 2 nitrogen and oxygen atoms in total. The molecule has 0 aromatic carbocycles. The van der Waals surface area contributed by atoms with Crippen LogP contribution in [0.4, 0.5) is 0 Å². The summed E-state index contributed by atoms with van der Waals surface area (Å²) in [6.45, 7) is 8.49. The predicted octanol–water partition coefficient (Wildman–Crippen LogP) is 1.72. The van der Waals surface area contributed by atoms with E-state index in [1.807, 2.05) is 6.92 Å². The van der Waals surface area contributed by atoms with Crippen molar-refractivity contribution in [2.24, 2.45) is 0 Å². The van der Waals surface area contributed by atoms with E-state index in [1.165, 1.54) is 19.3 Å². The van der Waals surface area contributed by atoms with E-state index < -0.39 is 0 Å². The molecule has 1 atom stereocenters. The van der Waals surface area contributed by atoms with Crippen LogP contribution in [0.25, 0.3) is 0 Å². The van der Waals surface area contributed by atoms with Crippen LogP contribution >= 0.6 is 0 Å². The molecule has 0 aromatic heterocycles. The van der Waals surface area contributed by atoms with Crippen molar-refractivity contribution in [3.05, 3.63) is 12.2 Å². The van der Waals surface area contributed by atoms with E-state index in [9.17, 15) is 0 Å². The largest absolute Gasteiger partial charge is 0.376 e. The van der Waals surface area contributed by atoms with E-state index in [-0.39, 0.29) is 0 Å².